The molecule has 180 valence electrons. The van der Waals surface area contributed by atoms with Crippen molar-refractivity contribution >= 4 is 0 Å². The van der Waals surface area contributed by atoms with Gasteiger partial charge in [0, 0.05) is 0 Å². The molecule has 0 unspecified atom stereocenters. The minimum Gasteiger partial charge on any atom is -0.429 e. The quantitative estimate of drug-likeness (QED) is 0.253. The molecule has 0 N–H and O–H groups in total. The standard InChI is InChI=1S/C27H38F4O/c1-2-3-4-5-6-19-9-13-22(14-10-19)23-15-11-20(12-16-23)7-8-21-17-24(28)26(25(29)18-21)32-27(30)31/h3-4,17-20,22-23,27H,2,5-16H2,1H3. The van der Waals surface area contributed by atoms with Crippen LogP contribution in [0, 0.1) is 35.3 Å². The predicted molar refractivity (Wildman–Crippen MR) is 121 cm³/mol. The summed E-state index contributed by atoms with van der Waals surface area (Å²) in [5.41, 5.74) is 0.510. The Morgan fingerprint density at radius 1 is 0.844 bits per heavy atom. The van der Waals surface area contributed by atoms with E-state index in [0.29, 0.717) is 17.9 Å². The summed E-state index contributed by atoms with van der Waals surface area (Å²) in [7, 11) is 0. The Morgan fingerprint density at radius 3 is 1.88 bits per heavy atom. The van der Waals surface area contributed by atoms with Crippen LogP contribution in [0.15, 0.2) is 24.3 Å². The second kappa shape index (κ2) is 12.6. The van der Waals surface area contributed by atoms with Gasteiger partial charge in [-0.3, -0.25) is 0 Å². The molecule has 1 aromatic carbocycles. The van der Waals surface area contributed by atoms with E-state index in [1.165, 1.54) is 64.2 Å². The van der Waals surface area contributed by atoms with Gasteiger partial charge in [0.05, 0.1) is 0 Å². The van der Waals surface area contributed by atoms with Crippen molar-refractivity contribution in [1.29, 1.82) is 0 Å². The molecule has 0 heterocycles. The van der Waals surface area contributed by atoms with Crippen LogP contribution in [0.4, 0.5) is 17.6 Å². The van der Waals surface area contributed by atoms with Gasteiger partial charge in [-0.2, -0.15) is 8.78 Å². The predicted octanol–water partition coefficient (Wildman–Crippen LogP) is 8.86. The number of hydrogen-bond acceptors (Lipinski definition) is 1. The minimum absolute atomic E-state index is 0.510. The van der Waals surface area contributed by atoms with Crippen molar-refractivity contribution in [3.05, 3.63) is 41.5 Å². The molecular weight excluding hydrogens is 416 g/mol. The normalized spacial score (nSPS) is 26.7. The maximum Gasteiger partial charge on any atom is 0.387 e. The molecule has 2 fully saturated rings. The van der Waals surface area contributed by atoms with Gasteiger partial charge in [-0.25, -0.2) is 8.78 Å². The van der Waals surface area contributed by atoms with E-state index in [0.717, 1.165) is 42.7 Å². The van der Waals surface area contributed by atoms with E-state index in [2.05, 4.69) is 23.8 Å². The van der Waals surface area contributed by atoms with Crippen LogP contribution in [0.1, 0.15) is 89.5 Å². The first kappa shape index (κ1) is 25.1. The maximum atomic E-state index is 13.9. The lowest BCUT2D eigenvalue weighted by Crippen LogP contribution is -2.26. The number of allylic oxidation sites excluding steroid dienone is 2. The summed E-state index contributed by atoms with van der Waals surface area (Å²) in [4.78, 5) is 0. The minimum atomic E-state index is -3.24. The highest BCUT2D eigenvalue weighted by Gasteiger charge is 2.30. The molecule has 1 nitrogen and oxygen atoms in total. The first-order chi connectivity index (χ1) is 15.5. The molecule has 32 heavy (non-hydrogen) atoms. The second-order valence-electron chi connectivity index (χ2n) is 9.82. The topological polar surface area (TPSA) is 9.23 Å². The maximum absolute atomic E-state index is 13.9. The van der Waals surface area contributed by atoms with Gasteiger partial charge in [0.1, 0.15) is 0 Å². The zero-order chi connectivity index (χ0) is 22.9. The van der Waals surface area contributed by atoms with Crippen LogP contribution in [0.2, 0.25) is 0 Å². The number of benzene rings is 1. The van der Waals surface area contributed by atoms with E-state index >= 15 is 0 Å². The fourth-order valence-corrected chi connectivity index (χ4v) is 5.84. The van der Waals surface area contributed by atoms with Crippen molar-refractivity contribution < 1.29 is 22.3 Å². The molecule has 0 aromatic heterocycles. The third kappa shape index (κ3) is 7.52. The Balaban J connectivity index is 1.37. The molecule has 0 amide bonds. The van der Waals surface area contributed by atoms with Gasteiger partial charge in [-0.1, -0.05) is 44.8 Å². The highest BCUT2D eigenvalue weighted by Crippen LogP contribution is 2.43. The largest absolute Gasteiger partial charge is 0.429 e. The van der Waals surface area contributed by atoms with Crippen molar-refractivity contribution in [2.45, 2.75) is 97.0 Å². The Hall–Kier alpha value is -1.52. The lowest BCUT2D eigenvalue weighted by Gasteiger charge is -2.38. The van der Waals surface area contributed by atoms with E-state index < -0.39 is 24.0 Å². The van der Waals surface area contributed by atoms with E-state index in [1.54, 1.807) is 0 Å². The summed E-state index contributed by atoms with van der Waals surface area (Å²) in [5.74, 6) is 0.105. The van der Waals surface area contributed by atoms with Crippen molar-refractivity contribution in [3.63, 3.8) is 0 Å². The zero-order valence-electron chi connectivity index (χ0n) is 19.3. The van der Waals surface area contributed by atoms with Crippen molar-refractivity contribution in [3.8, 4) is 5.75 Å². The van der Waals surface area contributed by atoms with Crippen LogP contribution in [-0.4, -0.2) is 6.61 Å². The molecule has 1 aromatic rings. The molecule has 3 rings (SSSR count). The molecule has 5 heteroatoms. The number of ether oxygens (including phenoxy) is 1. The molecule has 0 bridgehead atoms. The fraction of sp³-hybridized carbons (Fsp3) is 0.704. The molecule has 0 radical (unpaired) electrons. The van der Waals surface area contributed by atoms with Gasteiger partial charge in [-0.15, -0.1) is 0 Å². The lowest BCUT2D eigenvalue weighted by atomic mass is 9.68. The third-order valence-electron chi connectivity index (χ3n) is 7.70. The molecule has 0 atom stereocenters. The van der Waals surface area contributed by atoms with Gasteiger partial charge >= 0.3 is 6.61 Å². The van der Waals surface area contributed by atoms with E-state index in [-0.39, 0.29) is 0 Å². The molecule has 2 saturated carbocycles. The van der Waals surface area contributed by atoms with Gasteiger partial charge in [0.15, 0.2) is 17.4 Å². The van der Waals surface area contributed by atoms with Gasteiger partial charge in [-0.05, 0) is 99.2 Å². The number of halogens is 4. The van der Waals surface area contributed by atoms with Crippen LogP contribution in [0.25, 0.3) is 0 Å². The summed E-state index contributed by atoms with van der Waals surface area (Å²) < 4.78 is 56.3. The summed E-state index contributed by atoms with van der Waals surface area (Å²) in [5, 5.41) is 0. The van der Waals surface area contributed by atoms with Gasteiger partial charge in [0.25, 0.3) is 0 Å². The van der Waals surface area contributed by atoms with E-state index in [4.69, 9.17) is 0 Å². The molecule has 0 aliphatic heterocycles. The molecule has 0 saturated heterocycles. The van der Waals surface area contributed by atoms with Crippen molar-refractivity contribution in [1.82, 2.24) is 0 Å². The number of rotatable bonds is 10. The summed E-state index contributed by atoms with van der Waals surface area (Å²) >= 11 is 0. The molecule has 2 aliphatic carbocycles. The monoisotopic (exact) mass is 454 g/mol. The Labute approximate surface area is 190 Å². The van der Waals surface area contributed by atoms with Crippen LogP contribution in [0.3, 0.4) is 0 Å². The Kier molecular flexibility index (Phi) is 9.92. The SMILES string of the molecule is CCC=CCCC1CCC(C2CCC(CCc3cc(F)c(OC(F)F)c(F)c3)CC2)CC1. The molecular formula is C27H38F4O. The third-order valence-corrected chi connectivity index (χ3v) is 7.70. The van der Waals surface area contributed by atoms with Gasteiger partial charge in [0.2, 0.25) is 0 Å². The van der Waals surface area contributed by atoms with Crippen LogP contribution in [-0.2, 0) is 6.42 Å². The second-order valence-corrected chi connectivity index (χ2v) is 9.82. The number of hydrogen-bond donors (Lipinski definition) is 0. The highest BCUT2D eigenvalue weighted by molar-refractivity contribution is 5.31. The average Bonchev–Trinajstić information content (AvgIpc) is 2.78. The Morgan fingerprint density at radius 2 is 1.38 bits per heavy atom. The highest BCUT2D eigenvalue weighted by atomic mass is 19.3. The first-order valence-corrected chi connectivity index (χ1v) is 12.5. The summed E-state index contributed by atoms with van der Waals surface area (Å²) in [6, 6.07) is 2.26. The Bertz CT molecular complexity index is 693. The van der Waals surface area contributed by atoms with E-state index in [9.17, 15) is 17.6 Å². The van der Waals surface area contributed by atoms with Gasteiger partial charge < -0.3 is 4.74 Å². The smallest absolute Gasteiger partial charge is 0.387 e. The summed E-state index contributed by atoms with van der Waals surface area (Å²) in [6.45, 7) is -1.06. The average molecular weight is 455 g/mol. The van der Waals surface area contributed by atoms with Crippen molar-refractivity contribution in [2.24, 2.45) is 23.7 Å². The number of aryl methyl sites for hydroxylation is 1. The first-order valence-electron chi connectivity index (χ1n) is 12.5. The van der Waals surface area contributed by atoms with E-state index in [1.807, 2.05) is 0 Å². The fourth-order valence-electron chi connectivity index (χ4n) is 5.84. The molecule has 0 spiro atoms. The van der Waals surface area contributed by atoms with Crippen LogP contribution >= 0.6 is 0 Å². The number of alkyl halides is 2. The zero-order valence-corrected chi connectivity index (χ0v) is 19.3. The van der Waals surface area contributed by atoms with Crippen molar-refractivity contribution in [2.75, 3.05) is 0 Å². The molecule has 2 aliphatic rings. The summed E-state index contributed by atoms with van der Waals surface area (Å²) in [6.07, 6.45) is 20.2. The van der Waals surface area contributed by atoms with Crippen LogP contribution in [0.5, 0.6) is 5.75 Å². The lowest BCUT2D eigenvalue weighted by molar-refractivity contribution is -0.0546. The van der Waals surface area contributed by atoms with Crippen LogP contribution < -0.4 is 4.74 Å².